The molecule has 0 saturated heterocycles. The maximum absolute atomic E-state index is 12.4. The third kappa shape index (κ3) is 6.32. The average molecular weight is 496 g/mol. The summed E-state index contributed by atoms with van der Waals surface area (Å²) in [6.45, 7) is 2.71. The van der Waals surface area contributed by atoms with Gasteiger partial charge in [-0.1, -0.05) is 42.5 Å². The van der Waals surface area contributed by atoms with Crippen molar-refractivity contribution in [3.63, 3.8) is 0 Å². The summed E-state index contributed by atoms with van der Waals surface area (Å²) in [6, 6.07) is 24.0. The van der Waals surface area contributed by atoms with Gasteiger partial charge < -0.3 is 14.2 Å². The van der Waals surface area contributed by atoms with Crippen molar-refractivity contribution in [2.45, 2.75) is 13.5 Å². The topological polar surface area (TPSA) is 122 Å². The lowest BCUT2D eigenvalue weighted by Gasteiger charge is -2.13. The van der Waals surface area contributed by atoms with Gasteiger partial charge in [0, 0.05) is 5.56 Å². The van der Waals surface area contributed by atoms with Gasteiger partial charge in [0.1, 0.15) is 24.0 Å². The molecule has 0 spiro atoms. The van der Waals surface area contributed by atoms with E-state index in [1.165, 1.54) is 0 Å². The number of methoxy groups -OCH3 is 1. The summed E-state index contributed by atoms with van der Waals surface area (Å²) in [6.07, 6.45) is 1.56. The van der Waals surface area contributed by atoms with Crippen LogP contribution >= 0.6 is 0 Å². The van der Waals surface area contributed by atoms with Crippen molar-refractivity contribution in [2.24, 2.45) is 5.10 Å². The van der Waals surface area contributed by atoms with E-state index in [9.17, 15) is 10.1 Å². The second-order valence-electron chi connectivity index (χ2n) is 7.77. The van der Waals surface area contributed by atoms with Gasteiger partial charge in [0.2, 0.25) is 5.95 Å². The molecule has 37 heavy (non-hydrogen) atoms. The van der Waals surface area contributed by atoms with E-state index in [0.29, 0.717) is 30.3 Å². The summed E-state index contributed by atoms with van der Waals surface area (Å²) < 4.78 is 17.0. The van der Waals surface area contributed by atoms with Crippen LogP contribution in [0.1, 0.15) is 23.6 Å². The van der Waals surface area contributed by atoms with Gasteiger partial charge in [-0.3, -0.25) is 9.78 Å². The molecule has 9 nitrogen and oxygen atoms in total. The molecule has 0 unspecified atom stereocenters. The Morgan fingerprint density at radius 2 is 1.89 bits per heavy atom. The highest BCUT2D eigenvalue weighted by Crippen LogP contribution is 2.29. The number of H-pyrrole nitrogens is 1. The van der Waals surface area contributed by atoms with Gasteiger partial charge in [0.15, 0.2) is 11.5 Å². The fourth-order valence-corrected chi connectivity index (χ4v) is 3.52. The quantitative estimate of drug-likeness (QED) is 0.241. The highest BCUT2D eigenvalue weighted by atomic mass is 16.5. The molecule has 1 heterocycles. The van der Waals surface area contributed by atoms with Crippen molar-refractivity contribution in [3.8, 4) is 34.6 Å². The number of benzene rings is 3. The van der Waals surface area contributed by atoms with Crippen molar-refractivity contribution < 1.29 is 14.2 Å². The Kier molecular flexibility index (Phi) is 8.14. The monoisotopic (exact) mass is 495 g/mol. The molecule has 9 heteroatoms. The van der Waals surface area contributed by atoms with E-state index < -0.39 is 5.56 Å². The third-order valence-electron chi connectivity index (χ3n) is 5.26. The van der Waals surface area contributed by atoms with E-state index in [1.54, 1.807) is 31.5 Å². The van der Waals surface area contributed by atoms with Crippen LogP contribution in [0.4, 0.5) is 5.95 Å². The first-order chi connectivity index (χ1) is 18.1. The van der Waals surface area contributed by atoms with E-state index in [0.717, 1.165) is 16.9 Å². The average Bonchev–Trinajstić information content (AvgIpc) is 2.93. The number of hydrogen-bond donors (Lipinski definition) is 2. The minimum atomic E-state index is -0.551. The lowest BCUT2D eigenvalue weighted by atomic mass is 10.1. The smallest absolute Gasteiger partial charge is 0.270 e. The molecule has 0 saturated carbocycles. The Labute approximate surface area is 214 Å². The van der Waals surface area contributed by atoms with Gasteiger partial charge in [-0.25, -0.2) is 10.4 Å². The second-order valence-corrected chi connectivity index (χ2v) is 7.77. The van der Waals surface area contributed by atoms with Crippen molar-refractivity contribution >= 4 is 12.2 Å². The minimum absolute atomic E-state index is 0.0633. The molecule has 0 aliphatic heterocycles. The maximum Gasteiger partial charge on any atom is 0.270 e. The molecule has 0 fully saturated rings. The van der Waals surface area contributed by atoms with Gasteiger partial charge in [-0.2, -0.15) is 10.4 Å². The van der Waals surface area contributed by atoms with E-state index >= 15 is 0 Å². The van der Waals surface area contributed by atoms with E-state index in [2.05, 4.69) is 20.5 Å². The van der Waals surface area contributed by atoms with Crippen LogP contribution in [0.15, 0.2) is 82.7 Å². The summed E-state index contributed by atoms with van der Waals surface area (Å²) in [5, 5.41) is 13.6. The van der Waals surface area contributed by atoms with Crippen LogP contribution in [-0.4, -0.2) is 29.9 Å². The third-order valence-corrected chi connectivity index (χ3v) is 5.26. The highest BCUT2D eigenvalue weighted by Gasteiger charge is 2.13. The predicted molar refractivity (Wildman–Crippen MR) is 141 cm³/mol. The number of nitrogens with zero attached hydrogens (tertiary/aromatic N) is 3. The first-order valence-electron chi connectivity index (χ1n) is 11.5. The molecule has 4 aromatic rings. The molecule has 0 aliphatic rings. The number of aromatic nitrogens is 2. The van der Waals surface area contributed by atoms with Crippen molar-refractivity contribution in [2.75, 3.05) is 19.1 Å². The number of rotatable bonds is 10. The predicted octanol–water partition coefficient (Wildman–Crippen LogP) is 4.74. The lowest BCUT2D eigenvalue weighted by molar-refractivity contribution is 0.269. The van der Waals surface area contributed by atoms with Gasteiger partial charge in [-0.15, -0.1) is 0 Å². The number of hydrogen-bond acceptors (Lipinski definition) is 8. The van der Waals surface area contributed by atoms with Crippen LogP contribution in [0.3, 0.4) is 0 Å². The van der Waals surface area contributed by atoms with E-state index in [1.807, 2.05) is 67.6 Å². The fourth-order valence-electron chi connectivity index (χ4n) is 3.52. The van der Waals surface area contributed by atoms with Gasteiger partial charge >= 0.3 is 0 Å². The van der Waals surface area contributed by atoms with Crippen LogP contribution in [0.2, 0.25) is 0 Å². The SMILES string of the molecule is CCOc1cc(C=NNc2nc(-c3ccccc3)c(C#N)c(=O)[nH]2)ccc1OCc1cccc(OC)c1. The molecule has 0 aliphatic carbocycles. The normalized spacial score (nSPS) is 10.6. The molecule has 0 amide bonds. The van der Waals surface area contributed by atoms with Crippen LogP contribution < -0.4 is 25.2 Å². The molecular weight excluding hydrogens is 470 g/mol. The van der Waals surface area contributed by atoms with E-state index in [4.69, 9.17) is 14.2 Å². The number of nitriles is 1. The number of hydrazone groups is 1. The summed E-state index contributed by atoms with van der Waals surface area (Å²) >= 11 is 0. The summed E-state index contributed by atoms with van der Waals surface area (Å²) in [5.41, 5.74) is 4.76. The standard InChI is InChI=1S/C28H25N5O4/c1-3-36-25-15-19(12-13-24(25)37-18-20-8-7-11-22(14-20)35-2)17-30-33-28-31-26(21-9-5-4-6-10-21)23(16-29)27(34)32-28/h4-15,17H,3,18H2,1-2H3,(H2,31,32,33,34). The molecule has 1 aromatic heterocycles. The second kappa shape index (κ2) is 12.0. The fraction of sp³-hybridized carbons (Fsp3) is 0.143. The van der Waals surface area contributed by atoms with Crippen LogP contribution in [0.25, 0.3) is 11.3 Å². The Balaban J connectivity index is 1.50. The number of aromatic amines is 1. The highest BCUT2D eigenvalue weighted by molar-refractivity contribution is 5.81. The molecular formula is C28H25N5O4. The Bertz CT molecular complexity index is 1490. The Hall–Kier alpha value is -5.10. The Morgan fingerprint density at radius 1 is 1.05 bits per heavy atom. The molecule has 186 valence electrons. The molecule has 0 radical (unpaired) electrons. The van der Waals surface area contributed by atoms with E-state index in [-0.39, 0.29) is 17.2 Å². The van der Waals surface area contributed by atoms with Gasteiger partial charge in [-0.05, 0) is 48.4 Å². The number of anilines is 1. The largest absolute Gasteiger partial charge is 0.497 e. The van der Waals surface area contributed by atoms with Crippen LogP contribution in [0.5, 0.6) is 17.2 Å². The Morgan fingerprint density at radius 3 is 2.65 bits per heavy atom. The first kappa shape index (κ1) is 25.0. The van der Waals surface area contributed by atoms with Gasteiger partial charge in [0.05, 0.1) is 25.6 Å². The molecule has 3 aromatic carbocycles. The lowest BCUT2D eigenvalue weighted by Crippen LogP contribution is -2.16. The molecule has 4 rings (SSSR count). The summed E-state index contributed by atoms with van der Waals surface area (Å²) in [5.74, 6) is 2.05. The molecule has 0 bridgehead atoms. The van der Waals surface area contributed by atoms with Crippen molar-refractivity contribution in [1.29, 1.82) is 5.26 Å². The minimum Gasteiger partial charge on any atom is -0.497 e. The first-order valence-corrected chi connectivity index (χ1v) is 11.5. The number of ether oxygens (including phenoxy) is 3. The molecule has 2 N–H and O–H groups in total. The zero-order valence-electron chi connectivity index (χ0n) is 20.4. The van der Waals surface area contributed by atoms with Crippen LogP contribution in [-0.2, 0) is 6.61 Å². The van der Waals surface area contributed by atoms with Crippen molar-refractivity contribution in [1.82, 2.24) is 9.97 Å². The van der Waals surface area contributed by atoms with Crippen molar-refractivity contribution in [3.05, 3.63) is 99.8 Å². The zero-order valence-corrected chi connectivity index (χ0v) is 20.4. The molecule has 0 atom stereocenters. The van der Waals surface area contributed by atoms with Crippen LogP contribution in [0, 0.1) is 11.3 Å². The van der Waals surface area contributed by atoms with Gasteiger partial charge in [0.25, 0.3) is 5.56 Å². The summed E-state index contributed by atoms with van der Waals surface area (Å²) in [4.78, 5) is 19.3. The summed E-state index contributed by atoms with van der Waals surface area (Å²) in [7, 11) is 1.62. The maximum atomic E-state index is 12.4. The zero-order chi connectivity index (χ0) is 26.0. The number of nitrogens with one attached hydrogen (secondary N) is 2.